The second-order valence-electron chi connectivity index (χ2n) is 6.54. The Bertz CT molecular complexity index is 429. The molecule has 0 aromatic carbocycles. The molecule has 1 aromatic heterocycles. The van der Waals surface area contributed by atoms with Gasteiger partial charge in [-0.15, -0.1) is 0 Å². The van der Waals surface area contributed by atoms with E-state index in [1.165, 1.54) is 11.4 Å². The molecular formula is C15H22F2N2. The van der Waals surface area contributed by atoms with Gasteiger partial charge in [-0.3, -0.25) is 0 Å². The summed E-state index contributed by atoms with van der Waals surface area (Å²) in [4.78, 5) is 8.13. The lowest BCUT2D eigenvalue weighted by atomic mass is 9.82. The van der Waals surface area contributed by atoms with Gasteiger partial charge in [0.15, 0.2) is 0 Å². The second kappa shape index (κ2) is 4.57. The molecule has 2 aliphatic rings. The number of rotatable bonds is 1. The van der Waals surface area contributed by atoms with Gasteiger partial charge in [0.2, 0.25) is 5.92 Å². The maximum atomic E-state index is 13.2. The zero-order chi connectivity index (χ0) is 13.6. The van der Waals surface area contributed by atoms with Crippen LogP contribution in [0.1, 0.15) is 62.7 Å². The monoisotopic (exact) mass is 268 g/mol. The summed E-state index contributed by atoms with van der Waals surface area (Å²) >= 11 is 0. The van der Waals surface area contributed by atoms with Gasteiger partial charge in [0.05, 0.1) is 5.69 Å². The SMILES string of the molecule is CC1Cc2nc(C3CCC(F)(F)CC3)[nH]c2CC1C. The minimum Gasteiger partial charge on any atom is -0.345 e. The summed E-state index contributed by atoms with van der Waals surface area (Å²) in [6, 6.07) is 0. The molecular weight excluding hydrogens is 246 g/mol. The van der Waals surface area contributed by atoms with Crippen LogP contribution in [0.5, 0.6) is 0 Å². The van der Waals surface area contributed by atoms with Crippen LogP contribution >= 0.6 is 0 Å². The standard InChI is InChI=1S/C15H22F2N2/c1-9-7-12-13(8-10(9)2)19-14(18-12)11-3-5-15(16,17)6-4-11/h9-11H,3-8H2,1-2H3,(H,18,19). The van der Waals surface area contributed by atoms with E-state index in [2.05, 4.69) is 18.8 Å². The molecule has 2 atom stereocenters. The average Bonchev–Trinajstić information content (AvgIpc) is 2.72. The van der Waals surface area contributed by atoms with E-state index in [0.717, 1.165) is 18.7 Å². The molecule has 2 aliphatic carbocycles. The third kappa shape index (κ3) is 2.54. The van der Waals surface area contributed by atoms with Gasteiger partial charge in [0, 0.05) is 24.5 Å². The van der Waals surface area contributed by atoms with Gasteiger partial charge in [-0.25, -0.2) is 13.8 Å². The van der Waals surface area contributed by atoms with Gasteiger partial charge in [0.1, 0.15) is 5.82 Å². The van der Waals surface area contributed by atoms with Crippen molar-refractivity contribution in [3.05, 3.63) is 17.2 Å². The van der Waals surface area contributed by atoms with Crippen molar-refractivity contribution in [2.24, 2.45) is 11.8 Å². The Balaban J connectivity index is 1.75. The molecule has 1 heterocycles. The third-order valence-electron chi connectivity index (χ3n) is 5.00. The number of alkyl halides is 2. The van der Waals surface area contributed by atoms with Gasteiger partial charge < -0.3 is 4.98 Å². The molecule has 19 heavy (non-hydrogen) atoms. The molecule has 0 radical (unpaired) electrons. The molecule has 0 aliphatic heterocycles. The summed E-state index contributed by atoms with van der Waals surface area (Å²) in [6.45, 7) is 4.54. The highest BCUT2D eigenvalue weighted by molar-refractivity contribution is 5.21. The van der Waals surface area contributed by atoms with Crippen molar-refractivity contribution in [2.75, 3.05) is 0 Å². The number of aromatic amines is 1. The van der Waals surface area contributed by atoms with Crippen LogP contribution in [-0.2, 0) is 12.8 Å². The molecule has 1 N–H and O–H groups in total. The summed E-state index contributed by atoms with van der Waals surface area (Å²) in [5, 5.41) is 0. The van der Waals surface area contributed by atoms with E-state index in [9.17, 15) is 8.78 Å². The van der Waals surface area contributed by atoms with Crippen molar-refractivity contribution < 1.29 is 8.78 Å². The van der Waals surface area contributed by atoms with E-state index < -0.39 is 5.92 Å². The Hall–Kier alpha value is -0.930. The number of H-pyrrole nitrogens is 1. The number of nitrogens with zero attached hydrogens (tertiary/aromatic N) is 1. The van der Waals surface area contributed by atoms with Gasteiger partial charge in [0.25, 0.3) is 0 Å². The summed E-state index contributed by atoms with van der Waals surface area (Å²) in [7, 11) is 0. The Morgan fingerprint density at radius 1 is 1.11 bits per heavy atom. The highest BCUT2D eigenvalue weighted by Crippen LogP contribution is 2.41. The predicted molar refractivity (Wildman–Crippen MR) is 70.5 cm³/mol. The fourth-order valence-corrected chi connectivity index (χ4v) is 3.34. The van der Waals surface area contributed by atoms with Gasteiger partial charge in [-0.2, -0.15) is 0 Å². The molecule has 0 bridgehead atoms. The topological polar surface area (TPSA) is 28.7 Å². The summed E-state index contributed by atoms with van der Waals surface area (Å²) < 4.78 is 26.4. The summed E-state index contributed by atoms with van der Waals surface area (Å²) in [6.07, 6.45) is 3.21. The smallest absolute Gasteiger partial charge is 0.248 e. The van der Waals surface area contributed by atoms with Crippen LogP contribution in [0.4, 0.5) is 8.78 Å². The van der Waals surface area contributed by atoms with Gasteiger partial charge in [-0.1, -0.05) is 13.8 Å². The third-order valence-corrected chi connectivity index (χ3v) is 5.00. The normalized spacial score (nSPS) is 31.2. The maximum absolute atomic E-state index is 13.2. The van der Waals surface area contributed by atoms with Crippen molar-refractivity contribution in [1.82, 2.24) is 9.97 Å². The number of halogens is 2. The highest BCUT2D eigenvalue weighted by Gasteiger charge is 2.37. The lowest BCUT2D eigenvalue weighted by Gasteiger charge is -2.26. The number of aromatic nitrogens is 2. The van der Waals surface area contributed by atoms with Crippen molar-refractivity contribution in [2.45, 2.75) is 64.2 Å². The van der Waals surface area contributed by atoms with Crippen LogP contribution in [0.15, 0.2) is 0 Å². The maximum Gasteiger partial charge on any atom is 0.248 e. The number of hydrogen-bond donors (Lipinski definition) is 1. The molecule has 0 amide bonds. The lowest BCUT2D eigenvalue weighted by molar-refractivity contribution is -0.0387. The number of fused-ring (bicyclic) bond motifs is 1. The van der Waals surface area contributed by atoms with Crippen LogP contribution in [-0.4, -0.2) is 15.9 Å². The van der Waals surface area contributed by atoms with Crippen molar-refractivity contribution >= 4 is 0 Å². The van der Waals surface area contributed by atoms with Crippen molar-refractivity contribution in [3.8, 4) is 0 Å². The summed E-state index contributed by atoms with van der Waals surface area (Å²) in [5.74, 6) is 0.0552. The Morgan fingerprint density at radius 3 is 2.42 bits per heavy atom. The van der Waals surface area contributed by atoms with Crippen molar-refractivity contribution in [1.29, 1.82) is 0 Å². The van der Waals surface area contributed by atoms with E-state index >= 15 is 0 Å². The van der Waals surface area contributed by atoms with Gasteiger partial charge >= 0.3 is 0 Å². The Labute approximate surface area is 113 Å². The molecule has 1 fully saturated rings. The quantitative estimate of drug-likeness (QED) is 0.817. The van der Waals surface area contributed by atoms with Crippen LogP contribution in [0.2, 0.25) is 0 Å². The molecule has 2 nitrogen and oxygen atoms in total. The molecule has 1 aromatic rings. The predicted octanol–water partition coefficient (Wildman–Crippen LogP) is 4.07. The molecule has 0 saturated heterocycles. The van der Waals surface area contributed by atoms with E-state index in [4.69, 9.17) is 4.98 Å². The van der Waals surface area contributed by atoms with Crippen LogP contribution in [0.3, 0.4) is 0 Å². The fourth-order valence-electron chi connectivity index (χ4n) is 3.34. The molecule has 1 saturated carbocycles. The molecule has 4 heteroatoms. The number of imidazole rings is 1. The first-order valence-electron chi connectivity index (χ1n) is 7.40. The molecule has 106 valence electrons. The largest absolute Gasteiger partial charge is 0.345 e. The minimum absolute atomic E-state index is 0.00976. The van der Waals surface area contributed by atoms with Crippen molar-refractivity contribution in [3.63, 3.8) is 0 Å². The van der Waals surface area contributed by atoms with E-state index in [-0.39, 0.29) is 18.8 Å². The first kappa shape index (κ1) is 13.1. The average molecular weight is 268 g/mol. The van der Waals surface area contributed by atoms with E-state index in [0.29, 0.717) is 24.7 Å². The van der Waals surface area contributed by atoms with Crippen LogP contribution in [0.25, 0.3) is 0 Å². The molecule has 2 unspecified atom stereocenters. The zero-order valence-corrected chi connectivity index (χ0v) is 11.7. The fraction of sp³-hybridized carbons (Fsp3) is 0.800. The lowest BCUT2D eigenvalue weighted by Crippen LogP contribution is -2.24. The Kier molecular flexibility index (Phi) is 3.14. The first-order chi connectivity index (χ1) is 8.94. The second-order valence-corrected chi connectivity index (χ2v) is 6.54. The first-order valence-corrected chi connectivity index (χ1v) is 7.40. The number of hydrogen-bond acceptors (Lipinski definition) is 1. The number of nitrogens with one attached hydrogen (secondary N) is 1. The Morgan fingerprint density at radius 2 is 1.74 bits per heavy atom. The van der Waals surface area contributed by atoms with Crippen LogP contribution in [0, 0.1) is 11.8 Å². The highest BCUT2D eigenvalue weighted by atomic mass is 19.3. The van der Waals surface area contributed by atoms with E-state index in [1.54, 1.807) is 0 Å². The zero-order valence-electron chi connectivity index (χ0n) is 11.7. The minimum atomic E-state index is -2.45. The summed E-state index contributed by atoms with van der Waals surface area (Å²) in [5.41, 5.74) is 2.43. The van der Waals surface area contributed by atoms with Gasteiger partial charge in [-0.05, 0) is 37.5 Å². The van der Waals surface area contributed by atoms with E-state index in [1.807, 2.05) is 0 Å². The van der Waals surface area contributed by atoms with Crippen LogP contribution < -0.4 is 0 Å². The molecule has 0 spiro atoms. The molecule has 3 rings (SSSR count).